The minimum Gasteiger partial charge on any atom is -0.312 e. The predicted octanol–water partition coefficient (Wildman–Crippen LogP) is 2.40. The number of carbonyl (C=O) groups excluding carboxylic acids is 1. The fraction of sp³-hybridized carbons (Fsp3) is 0.417. The van der Waals surface area contributed by atoms with Crippen LogP contribution in [0.15, 0.2) is 36.6 Å². The van der Waals surface area contributed by atoms with Crippen molar-refractivity contribution < 1.29 is 4.79 Å². The summed E-state index contributed by atoms with van der Waals surface area (Å²) in [4.78, 5) is 13.3. The summed E-state index contributed by atoms with van der Waals surface area (Å²) in [5.41, 5.74) is 2.55. The quantitative estimate of drug-likeness (QED) is 0.491. The molecule has 0 unspecified atom stereocenters. The van der Waals surface area contributed by atoms with Gasteiger partial charge in [-0.3, -0.25) is 4.79 Å². The Labute approximate surface area is 84.6 Å². The molecule has 0 radical (unpaired) electrons. The topological polar surface area (TPSA) is 20.3 Å². The summed E-state index contributed by atoms with van der Waals surface area (Å²) >= 11 is 0. The normalized spacial score (nSPS) is 24.7. The predicted molar refractivity (Wildman–Crippen MR) is 56.5 cm³/mol. The van der Waals surface area contributed by atoms with Crippen LogP contribution in [0.4, 0.5) is 0 Å². The summed E-state index contributed by atoms with van der Waals surface area (Å²) in [5.74, 6) is 0.269. The second-order valence-corrected chi connectivity index (χ2v) is 3.86. The van der Waals surface area contributed by atoms with Crippen LogP contribution < -0.4 is 0 Å². The Hall–Kier alpha value is -1.31. The van der Waals surface area contributed by atoms with Crippen LogP contribution in [0.2, 0.25) is 0 Å². The van der Waals surface area contributed by atoms with E-state index in [2.05, 4.69) is 13.2 Å². The molecule has 0 spiro atoms. The van der Waals surface area contributed by atoms with Crippen LogP contribution >= 0.6 is 0 Å². The summed E-state index contributed by atoms with van der Waals surface area (Å²) in [5, 5.41) is 0. The lowest BCUT2D eigenvalue weighted by Gasteiger charge is -2.36. The van der Waals surface area contributed by atoms with Gasteiger partial charge in [0.25, 0.3) is 0 Å². The van der Waals surface area contributed by atoms with Gasteiger partial charge in [-0.15, -0.1) is 13.2 Å². The number of hydrogen-bond acceptors (Lipinski definition) is 1. The van der Waals surface area contributed by atoms with E-state index in [1.54, 1.807) is 0 Å². The first-order chi connectivity index (χ1) is 6.77. The second-order valence-electron chi connectivity index (χ2n) is 3.86. The molecule has 0 bridgehead atoms. The first-order valence-electron chi connectivity index (χ1n) is 5.02. The van der Waals surface area contributed by atoms with Crippen molar-refractivity contribution in [2.45, 2.75) is 31.7 Å². The number of nitrogens with zero attached hydrogens (tertiary/aromatic N) is 1. The Balaban J connectivity index is 2.22. The van der Waals surface area contributed by atoms with Crippen molar-refractivity contribution in [1.82, 2.24) is 4.90 Å². The van der Waals surface area contributed by atoms with Crippen molar-refractivity contribution in [3.05, 3.63) is 36.6 Å². The van der Waals surface area contributed by atoms with Crippen LogP contribution in [0.1, 0.15) is 25.7 Å². The third kappa shape index (κ3) is 1.22. The van der Waals surface area contributed by atoms with Crippen molar-refractivity contribution in [1.29, 1.82) is 0 Å². The molecule has 0 aromatic carbocycles. The average molecular weight is 189 g/mol. The van der Waals surface area contributed by atoms with Crippen molar-refractivity contribution in [2.75, 3.05) is 0 Å². The highest BCUT2D eigenvalue weighted by molar-refractivity contribution is 5.86. The maximum absolute atomic E-state index is 11.4. The lowest BCUT2D eigenvalue weighted by molar-refractivity contribution is -0.141. The Bertz CT molecular complexity index is 327. The maximum Gasteiger partial charge on any atom is 0.229 e. The van der Waals surface area contributed by atoms with Crippen molar-refractivity contribution >= 4 is 5.91 Å². The van der Waals surface area contributed by atoms with Crippen LogP contribution in [0.5, 0.6) is 0 Å². The highest BCUT2D eigenvalue weighted by Gasteiger charge is 2.43. The van der Waals surface area contributed by atoms with Gasteiger partial charge < -0.3 is 4.90 Å². The Kier molecular flexibility index (Phi) is 2.28. The van der Waals surface area contributed by atoms with Gasteiger partial charge in [0.05, 0.1) is 0 Å². The molecule has 2 rings (SSSR count). The molecular formula is C12H15NO. The molecule has 0 aromatic heterocycles. The standard InChI is InChI=1S/C12H15NO/c1-3-5-9-7-10-8-12(14)13(10)11(9)6-4-2/h3-4,10H,1-2,5-8H2/t10-/m1/s1. The Morgan fingerprint density at radius 2 is 2.00 bits per heavy atom. The van der Waals surface area contributed by atoms with Crippen molar-refractivity contribution in [3.63, 3.8) is 0 Å². The fourth-order valence-electron chi connectivity index (χ4n) is 2.34. The number of hydrogen-bond donors (Lipinski definition) is 0. The van der Waals surface area contributed by atoms with E-state index in [-0.39, 0.29) is 5.91 Å². The largest absolute Gasteiger partial charge is 0.312 e. The van der Waals surface area contributed by atoms with Crippen molar-refractivity contribution in [2.24, 2.45) is 0 Å². The first-order valence-corrected chi connectivity index (χ1v) is 5.02. The van der Waals surface area contributed by atoms with Gasteiger partial charge in [-0.25, -0.2) is 0 Å². The Morgan fingerprint density at radius 1 is 1.29 bits per heavy atom. The third-order valence-corrected chi connectivity index (χ3v) is 2.95. The van der Waals surface area contributed by atoms with E-state index in [0.29, 0.717) is 6.04 Å². The van der Waals surface area contributed by atoms with Gasteiger partial charge in [-0.05, 0) is 18.4 Å². The molecule has 1 atom stereocenters. The van der Waals surface area contributed by atoms with E-state index in [0.717, 1.165) is 25.7 Å². The molecule has 1 saturated heterocycles. The van der Waals surface area contributed by atoms with E-state index >= 15 is 0 Å². The molecule has 0 saturated carbocycles. The number of β-lactam (4-membered cyclic amide) rings is 1. The van der Waals surface area contributed by atoms with Gasteiger partial charge in [-0.2, -0.15) is 0 Å². The first kappa shape index (κ1) is 9.25. The van der Waals surface area contributed by atoms with Crippen LogP contribution in [0, 0.1) is 0 Å². The second kappa shape index (κ2) is 3.45. The average Bonchev–Trinajstić information content (AvgIpc) is 2.40. The fourth-order valence-corrected chi connectivity index (χ4v) is 2.34. The molecule has 2 heteroatoms. The van der Waals surface area contributed by atoms with Crippen molar-refractivity contribution in [3.8, 4) is 0 Å². The van der Waals surface area contributed by atoms with Crippen LogP contribution in [-0.2, 0) is 4.79 Å². The summed E-state index contributed by atoms with van der Waals surface area (Å²) in [6, 6.07) is 0.451. The van der Waals surface area contributed by atoms with Gasteiger partial charge >= 0.3 is 0 Å². The molecule has 74 valence electrons. The van der Waals surface area contributed by atoms with E-state index in [9.17, 15) is 4.79 Å². The molecule has 1 fully saturated rings. The van der Waals surface area contributed by atoms with E-state index in [4.69, 9.17) is 0 Å². The lowest BCUT2D eigenvalue weighted by Crippen LogP contribution is -2.48. The Morgan fingerprint density at radius 3 is 2.57 bits per heavy atom. The number of allylic oxidation sites excluding steroid dienone is 2. The molecule has 0 aromatic rings. The third-order valence-electron chi connectivity index (χ3n) is 2.95. The molecule has 0 N–H and O–H groups in total. The number of fused-ring (bicyclic) bond motifs is 1. The minimum absolute atomic E-state index is 0.269. The van der Waals surface area contributed by atoms with Crippen LogP contribution in [-0.4, -0.2) is 16.8 Å². The summed E-state index contributed by atoms with van der Waals surface area (Å²) in [6.07, 6.45) is 7.26. The van der Waals surface area contributed by atoms with Gasteiger partial charge in [-0.1, -0.05) is 12.2 Å². The van der Waals surface area contributed by atoms with Gasteiger partial charge in [0.2, 0.25) is 5.91 Å². The van der Waals surface area contributed by atoms with Gasteiger partial charge in [0.15, 0.2) is 0 Å². The zero-order valence-electron chi connectivity index (χ0n) is 8.33. The summed E-state index contributed by atoms with van der Waals surface area (Å²) in [6.45, 7) is 7.47. The molecule has 2 heterocycles. The highest BCUT2D eigenvalue weighted by Crippen LogP contribution is 2.40. The molecule has 2 aliphatic rings. The highest BCUT2D eigenvalue weighted by atomic mass is 16.2. The van der Waals surface area contributed by atoms with Crippen LogP contribution in [0.25, 0.3) is 0 Å². The van der Waals surface area contributed by atoms with Crippen LogP contribution in [0.3, 0.4) is 0 Å². The van der Waals surface area contributed by atoms with Gasteiger partial charge in [0.1, 0.15) is 0 Å². The monoisotopic (exact) mass is 189 g/mol. The van der Waals surface area contributed by atoms with E-state index in [1.165, 1.54) is 11.3 Å². The number of carbonyl (C=O) groups is 1. The van der Waals surface area contributed by atoms with E-state index in [1.807, 2.05) is 17.1 Å². The zero-order chi connectivity index (χ0) is 10.1. The smallest absolute Gasteiger partial charge is 0.229 e. The maximum atomic E-state index is 11.4. The van der Waals surface area contributed by atoms with E-state index < -0.39 is 0 Å². The minimum atomic E-state index is 0.269. The van der Waals surface area contributed by atoms with Gasteiger partial charge in [0, 0.05) is 24.6 Å². The molecule has 0 aliphatic carbocycles. The molecule has 14 heavy (non-hydrogen) atoms. The SMILES string of the molecule is C=CCC1=C(CC=C)N2C(=O)C[C@H]2C1. The molecule has 2 nitrogen and oxygen atoms in total. The number of amides is 1. The molecule has 2 aliphatic heterocycles. The zero-order valence-corrected chi connectivity index (χ0v) is 8.33. The summed E-state index contributed by atoms with van der Waals surface area (Å²) in [7, 11) is 0. The molecular weight excluding hydrogens is 174 g/mol. The number of rotatable bonds is 4. The molecule has 1 amide bonds. The lowest BCUT2D eigenvalue weighted by atomic mass is 10.00. The summed E-state index contributed by atoms with van der Waals surface area (Å²) < 4.78 is 0.